The lowest BCUT2D eigenvalue weighted by molar-refractivity contribution is 0.195. The molecule has 152 valence electrons. The summed E-state index contributed by atoms with van der Waals surface area (Å²) in [6, 6.07) is 17.0. The Labute approximate surface area is 175 Å². The zero-order valence-electron chi connectivity index (χ0n) is 16.4. The predicted molar refractivity (Wildman–Crippen MR) is 115 cm³/mol. The summed E-state index contributed by atoms with van der Waals surface area (Å²) in [6.45, 7) is 2.21. The molecule has 0 radical (unpaired) electrons. The zero-order valence-corrected chi connectivity index (χ0v) is 17.1. The number of halogens is 1. The van der Waals surface area contributed by atoms with Gasteiger partial charge in [0, 0.05) is 17.1 Å². The van der Waals surface area contributed by atoms with Crippen LogP contribution in [0, 0.1) is 0 Å². The van der Waals surface area contributed by atoms with Crippen LogP contribution in [0.5, 0.6) is 0 Å². The first kappa shape index (κ1) is 20.9. The Morgan fingerprint density at radius 1 is 1.07 bits per heavy atom. The maximum atomic E-state index is 9.49. The van der Waals surface area contributed by atoms with Gasteiger partial charge < -0.3 is 10.4 Å². The van der Waals surface area contributed by atoms with Gasteiger partial charge in [-0.2, -0.15) is 0 Å². The van der Waals surface area contributed by atoms with Gasteiger partial charge in [0.1, 0.15) is 0 Å². The van der Waals surface area contributed by atoms with Crippen molar-refractivity contribution in [3.8, 4) is 22.4 Å². The number of amides is 1. The maximum absolute atomic E-state index is 9.49. The van der Waals surface area contributed by atoms with Crippen LogP contribution in [-0.2, 0) is 0 Å². The average molecular weight is 413 g/mol. The summed E-state index contributed by atoms with van der Waals surface area (Å²) in [6.07, 6.45) is 5.91. The van der Waals surface area contributed by atoms with Crippen LogP contribution in [0.4, 0.5) is 4.79 Å². The van der Waals surface area contributed by atoms with Gasteiger partial charge in [-0.3, -0.25) is 0 Å². The Balaban J connectivity index is 0.000000353. The molecule has 7 heteroatoms. The molecule has 0 aliphatic heterocycles. The van der Waals surface area contributed by atoms with Crippen LogP contribution in [0.2, 0.25) is 5.02 Å². The Hall–Kier alpha value is -2.86. The number of aromatic nitrogens is 3. The molecule has 0 saturated heterocycles. The molecule has 1 saturated carbocycles. The molecule has 0 atom stereocenters. The standard InChI is InChI=1S/C19H18ClN3.C3H7NO2/c20-17-11-9-15(10-12-17)14-5-7-16(8-6-14)19-13-21-22-23(19)18-3-1-2-4-18;1-2-4-3(5)6/h5-13,18H,1-4H2;4H,2H2,1H3,(H,5,6). The molecule has 3 aromatic rings. The second kappa shape index (κ2) is 10.1. The minimum Gasteiger partial charge on any atom is -0.465 e. The first-order chi connectivity index (χ1) is 14.1. The number of nitrogens with zero attached hydrogens (tertiary/aromatic N) is 3. The molecule has 1 aliphatic carbocycles. The smallest absolute Gasteiger partial charge is 0.404 e. The topological polar surface area (TPSA) is 80.0 Å². The van der Waals surface area contributed by atoms with E-state index in [9.17, 15) is 4.79 Å². The molecule has 0 bridgehead atoms. The van der Waals surface area contributed by atoms with E-state index >= 15 is 0 Å². The van der Waals surface area contributed by atoms with Crippen molar-refractivity contribution in [3.05, 3.63) is 59.8 Å². The molecule has 1 aromatic heterocycles. The van der Waals surface area contributed by atoms with Crippen LogP contribution >= 0.6 is 11.6 Å². The van der Waals surface area contributed by atoms with E-state index in [-0.39, 0.29) is 0 Å². The number of rotatable bonds is 4. The van der Waals surface area contributed by atoms with Crippen LogP contribution in [0.1, 0.15) is 38.6 Å². The van der Waals surface area contributed by atoms with Gasteiger partial charge in [-0.15, -0.1) is 5.10 Å². The minimum atomic E-state index is -0.961. The third-order valence-electron chi connectivity index (χ3n) is 4.93. The molecule has 4 rings (SSSR count). The van der Waals surface area contributed by atoms with E-state index in [1.54, 1.807) is 6.92 Å². The van der Waals surface area contributed by atoms with Gasteiger partial charge >= 0.3 is 6.09 Å². The molecule has 2 N–H and O–H groups in total. The van der Waals surface area contributed by atoms with Crippen molar-refractivity contribution < 1.29 is 9.90 Å². The van der Waals surface area contributed by atoms with Crippen LogP contribution in [0.15, 0.2) is 54.7 Å². The van der Waals surface area contributed by atoms with Gasteiger partial charge in [-0.25, -0.2) is 9.48 Å². The Morgan fingerprint density at radius 2 is 1.62 bits per heavy atom. The molecule has 1 fully saturated rings. The van der Waals surface area contributed by atoms with Gasteiger partial charge in [0.2, 0.25) is 0 Å². The van der Waals surface area contributed by atoms with Crippen molar-refractivity contribution in [2.24, 2.45) is 0 Å². The fourth-order valence-corrected chi connectivity index (χ4v) is 3.62. The van der Waals surface area contributed by atoms with Crippen molar-refractivity contribution in [2.75, 3.05) is 6.54 Å². The quantitative estimate of drug-likeness (QED) is 0.579. The second-order valence-corrected chi connectivity index (χ2v) is 7.36. The molecule has 29 heavy (non-hydrogen) atoms. The summed E-state index contributed by atoms with van der Waals surface area (Å²) >= 11 is 5.95. The lowest BCUT2D eigenvalue weighted by atomic mass is 10.0. The highest BCUT2D eigenvalue weighted by Gasteiger charge is 2.20. The highest BCUT2D eigenvalue weighted by Crippen LogP contribution is 2.33. The van der Waals surface area contributed by atoms with Crippen molar-refractivity contribution >= 4 is 17.7 Å². The van der Waals surface area contributed by atoms with Gasteiger partial charge in [0.05, 0.1) is 17.9 Å². The first-order valence-electron chi connectivity index (χ1n) is 9.82. The predicted octanol–water partition coefficient (Wildman–Crippen LogP) is 5.65. The Morgan fingerprint density at radius 3 is 2.14 bits per heavy atom. The van der Waals surface area contributed by atoms with Crippen molar-refractivity contribution in [2.45, 2.75) is 38.6 Å². The molecule has 1 aliphatic rings. The summed E-state index contributed by atoms with van der Waals surface area (Å²) in [7, 11) is 0. The summed E-state index contributed by atoms with van der Waals surface area (Å²) in [5.74, 6) is 0. The van der Waals surface area contributed by atoms with E-state index in [0.29, 0.717) is 12.6 Å². The summed E-state index contributed by atoms with van der Waals surface area (Å²) in [4.78, 5) is 9.49. The molecule has 2 aromatic carbocycles. The van der Waals surface area contributed by atoms with E-state index in [1.807, 2.05) is 30.5 Å². The minimum absolute atomic E-state index is 0.481. The zero-order chi connectivity index (χ0) is 20.6. The number of benzene rings is 2. The van der Waals surface area contributed by atoms with E-state index in [2.05, 4.69) is 44.6 Å². The number of hydrogen-bond acceptors (Lipinski definition) is 3. The molecule has 1 heterocycles. The molecule has 1 amide bonds. The Kier molecular flexibility index (Phi) is 7.25. The third kappa shape index (κ3) is 5.57. The second-order valence-electron chi connectivity index (χ2n) is 6.92. The molecular formula is C22H25ClN4O2. The Bertz CT molecular complexity index is 917. The SMILES string of the molecule is CCNC(=O)O.Clc1ccc(-c2ccc(-c3cnnn3C3CCCC3)cc2)cc1. The van der Waals surface area contributed by atoms with E-state index in [1.165, 1.54) is 42.4 Å². The van der Waals surface area contributed by atoms with E-state index in [4.69, 9.17) is 16.7 Å². The van der Waals surface area contributed by atoms with Crippen molar-refractivity contribution in [1.29, 1.82) is 0 Å². The molecule has 0 spiro atoms. The molecular weight excluding hydrogens is 388 g/mol. The normalized spacial score (nSPS) is 13.6. The highest BCUT2D eigenvalue weighted by molar-refractivity contribution is 6.30. The van der Waals surface area contributed by atoms with Gasteiger partial charge in [-0.1, -0.05) is 66.1 Å². The summed E-state index contributed by atoms with van der Waals surface area (Å²) in [5.41, 5.74) is 4.63. The van der Waals surface area contributed by atoms with E-state index in [0.717, 1.165) is 10.7 Å². The maximum Gasteiger partial charge on any atom is 0.404 e. The monoisotopic (exact) mass is 412 g/mol. The van der Waals surface area contributed by atoms with Crippen molar-refractivity contribution in [3.63, 3.8) is 0 Å². The first-order valence-corrected chi connectivity index (χ1v) is 10.2. The third-order valence-corrected chi connectivity index (χ3v) is 5.18. The van der Waals surface area contributed by atoms with Crippen LogP contribution in [0.3, 0.4) is 0 Å². The number of hydrogen-bond donors (Lipinski definition) is 2. The summed E-state index contributed by atoms with van der Waals surface area (Å²) < 4.78 is 2.10. The summed E-state index contributed by atoms with van der Waals surface area (Å²) in [5, 5.41) is 19.1. The fourth-order valence-electron chi connectivity index (χ4n) is 3.50. The number of carboxylic acid groups (broad SMARTS) is 1. The lowest BCUT2D eigenvalue weighted by Crippen LogP contribution is -2.19. The highest BCUT2D eigenvalue weighted by atomic mass is 35.5. The number of nitrogens with one attached hydrogen (secondary N) is 1. The van der Waals surface area contributed by atoms with Gasteiger partial charge in [0.25, 0.3) is 0 Å². The van der Waals surface area contributed by atoms with Crippen LogP contribution < -0.4 is 5.32 Å². The fraction of sp³-hybridized carbons (Fsp3) is 0.318. The molecule has 6 nitrogen and oxygen atoms in total. The number of carbonyl (C=O) groups is 1. The lowest BCUT2D eigenvalue weighted by Gasteiger charge is -2.13. The van der Waals surface area contributed by atoms with Crippen LogP contribution in [-0.4, -0.2) is 32.7 Å². The van der Waals surface area contributed by atoms with Crippen molar-refractivity contribution in [1.82, 2.24) is 20.3 Å². The molecule has 0 unspecified atom stereocenters. The van der Waals surface area contributed by atoms with Gasteiger partial charge in [0.15, 0.2) is 0 Å². The van der Waals surface area contributed by atoms with Gasteiger partial charge in [-0.05, 0) is 43.0 Å². The average Bonchev–Trinajstić information content (AvgIpc) is 3.41. The largest absolute Gasteiger partial charge is 0.465 e. The van der Waals surface area contributed by atoms with Crippen LogP contribution in [0.25, 0.3) is 22.4 Å². The van der Waals surface area contributed by atoms with E-state index < -0.39 is 6.09 Å².